The SMILES string of the molecule is CCOc1ccc(S(=O)(=O)N(CC(=O)N(Cc2cccc(Br)c2)C(Cc2ccccc2)C(=O)NC(C)CC)c2ccc(F)cc2)cc1. The Morgan fingerprint density at radius 3 is 2.17 bits per heavy atom. The first-order valence-electron chi connectivity index (χ1n) is 15.4. The summed E-state index contributed by atoms with van der Waals surface area (Å²) in [6.45, 7) is 5.46. The Morgan fingerprint density at radius 2 is 1.55 bits per heavy atom. The average Bonchev–Trinajstić information content (AvgIpc) is 3.06. The van der Waals surface area contributed by atoms with Gasteiger partial charge in [-0.05, 0) is 92.1 Å². The lowest BCUT2D eigenvalue weighted by atomic mass is 10.0. The predicted octanol–water partition coefficient (Wildman–Crippen LogP) is 6.74. The largest absolute Gasteiger partial charge is 0.494 e. The summed E-state index contributed by atoms with van der Waals surface area (Å²) < 4.78 is 49.5. The molecular weight excluding hydrogens is 685 g/mol. The Morgan fingerprint density at radius 1 is 0.894 bits per heavy atom. The van der Waals surface area contributed by atoms with E-state index in [0.29, 0.717) is 18.8 Å². The maximum atomic E-state index is 14.5. The lowest BCUT2D eigenvalue weighted by Crippen LogP contribution is -2.54. The third kappa shape index (κ3) is 9.65. The summed E-state index contributed by atoms with van der Waals surface area (Å²) in [5, 5.41) is 3.02. The molecule has 2 atom stereocenters. The van der Waals surface area contributed by atoms with Crippen LogP contribution < -0.4 is 14.4 Å². The van der Waals surface area contributed by atoms with E-state index in [1.54, 1.807) is 0 Å². The number of hydrogen-bond acceptors (Lipinski definition) is 5. The number of halogens is 2. The van der Waals surface area contributed by atoms with Crippen molar-refractivity contribution < 1.29 is 27.1 Å². The van der Waals surface area contributed by atoms with E-state index in [1.165, 1.54) is 41.3 Å². The first-order chi connectivity index (χ1) is 22.5. The van der Waals surface area contributed by atoms with Crippen LogP contribution in [0.25, 0.3) is 0 Å². The lowest BCUT2D eigenvalue weighted by Gasteiger charge is -2.34. The van der Waals surface area contributed by atoms with Crippen LogP contribution in [0.4, 0.5) is 10.1 Å². The molecule has 1 N–H and O–H groups in total. The maximum Gasteiger partial charge on any atom is 0.264 e. The molecule has 4 rings (SSSR count). The second kappa shape index (κ2) is 16.6. The van der Waals surface area contributed by atoms with Gasteiger partial charge in [-0.3, -0.25) is 13.9 Å². The normalized spacial score (nSPS) is 12.5. The van der Waals surface area contributed by atoms with Gasteiger partial charge in [-0.15, -0.1) is 0 Å². The molecule has 4 aromatic carbocycles. The third-order valence-corrected chi connectivity index (χ3v) is 9.91. The third-order valence-electron chi connectivity index (χ3n) is 7.63. The van der Waals surface area contributed by atoms with Gasteiger partial charge in [0.2, 0.25) is 11.8 Å². The molecule has 0 fully saturated rings. The number of nitrogens with zero attached hydrogens (tertiary/aromatic N) is 2. The van der Waals surface area contributed by atoms with Crippen molar-refractivity contribution in [3.05, 3.63) is 125 Å². The van der Waals surface area contributed by atoms with Crippen molar-refractivity contribution in [1.29, 1.82) is 0 Å². The quantitative estimate of drug-likeness (QED) is 0.147. The van der Waals surface area contributed by atoms with Crippen LogP contribution in [-0.2, 0) is 32.6 Å². The fraction of sp³-hybridized carbons (Fsp3) is 0.278. The molecule has 0 spiro atoms. The maximum absolute atomic E-state index is 14.5. The van der Waals surface area contributed by atoms with Gasteiger partial charge in [-0.25, -0.2) is 12.8 Å². The van der Waals surface area contributed by atoms with Crippen molar-refractivity contribution in [2.24, 2.45) is 0 Å². The molecule has 11 heteroatoms. The minimum Gasteiger partial charge on any atom is -0.494 e. The Bertz CT molecular complexity index is 1740. The van der Waals surface area contributed by atoms with Gasteiger partial charge in [0, 0.05) is 23.5 Å². The summed E-state index contributed by atoms with van der Waals surface area (Å²) in [6.07, 6.45) is 0.882. The molecule has 0 radical (unpaired) electrons. The summed E-state index contributed by atoms with van der Waals surface area (Å²) in [5.41, 5.74) is 1.67. The fourth-order valence-corrected chi connectivity index (χ4v) is 6.83. The smallest absolute Gasteiger partial charge is 0.264 e. The summed E-state index contributed by atoms with van der Waals surface area (Å²) in [6, 6.07) is 26.4. The second-order valence-electron chi connectivity index (χ2n) is 11.1. The average molecular weight is 725 g/mol. The van der Waals surface area contributed by atoms with Crippen molar-refractivity contribution in [3.63, 3.8) is 0 Å². The molecule has 0 saturated heterocycles. The number of hydrogen-bond donors (Lipinski definition) is 1. The first kappa shape index (κ1) is 35.6. The summed E-state index contributed by atoms with van der Waals surface area (Å²) in [4.78, 5) is 29.8. The van der Waals surface area contributed by atoms with Gasteiger partial charge in [-0.2, -0.15) is 0 Å². The molecule has 0 aromatic heterocycles. The Balaban J connectivity index is 1.80. The number of anilines is 1. The summed E-state index contributed by atoms with van der Waals surface area (Å²) >= 11 is 3.48. The fourth-order valence-electron chi connectivity index (χ4n) is 4.96. The van der Waals surface area contributed by atoms with Crippen molar-refractivity contribution in [3.8, 4) is 5.75 Å². The number of ether oxygens (including phenoxy) is 1. The van der Waals surface area contributed by atoms with Crippen LogP contribution in [0.15, 0.2) is 112 Å². The number of carbonyl (C=O) groups is 2. The Hall–Kier alpha value is -4.22. The van der Waals surface area contributed by atoms with Crippen LogP contribution in [0.2, 0.25) is 0 Å². The number of sulfonamides is 1. The zero-order valence-corrected chi connectivity index (χ0v) is 29.0. The standard InChI is InChI=1S/C36H39BrFN3O5S/c1-4-26(3)39-36(43)34(23-27-10-7-6-8-11-27)40(24-28-12-9-13-29(37)22-28)35(42)25-41(31-16-14-30(38)15-17-31)47(44,45)33-20-18-32(19-21-33)46-5-2/h6-22,26,34H,4-5,23-25H2,1-3H3,(H,39,43). The highest BCUT2D eigenvalue weighted by molar-refractivity contribution is 9.10. The van der Waals surface area contributed by atoms with Gasteiger partial charge in [-0.1, -0.05) is 65.3 Å². The number of carbonyl (C=O) groups excluding carboxylic acids is 2. The lowest BCUT2D eigenvalue weighted by molar-refractivity contribution is -0.140. The van der Waals surface area contributed by atoms with E-state index >= 15 is 0 Å². The Kier molecular flexibility index (Phi) is 12.6. The van der Waals surface area contributed by atoms with Gasteiger partial charge >= 0.3 is 0 Å². The highest BCUT2D eigenvalue weighted by Crippen LogP contribution is 2.27. The van der Waals surface area contributed by atoms with E-state index in [9.17, 15) is 22.4 Å². The van der Waals surface area contributed by atoms with Gasteiger partial charge in [0.25, 0.3) is 10.0 Å². The number of amides is 2. The topological polar surface area (TPSA) is 96.0 Å². The minimum atomic E-state index is -4.33. The zero-order valence-electron chi connectivity index (χ0n) is 26.6. The molecule has 2 amide bonds. The van der Waals surface area contributed by atoms with Crippen LogP contribution in [0.1, 0.15) is 38.3 Å². The summed E-state index contributed by atoms with van der Waals surface area (Å²) in [7, 11) is -4.33. The highest BCUT2D eigenvalue weighted by atomic mass is 79.9. The highest BCUT2D eigenvalue weighted by Gasteiger charge is 2.35. The van der Waals surface area contributed by atoms with Crippen LogP contribution in [0.3, 0.4) is 0 Å². The van der Waals surface area contributed by atoms with Gasteiger partial charge in [0.1, 0.15) is 24.2 Å². The van der Waals surface area contributed by atoms with E-state index in [2.05, 4.69) is 21.2 Å². The van der Waals surface area contributed by atoms with E-state index < -0.39 is 34.3 Å². The van der Waals surface area contributed by atoms with Crippen LogP contribution in [0, 0.1) is 5.82 Å². The van der Waals surface area contributed by atoms with Gasteiger partial charge < -0.3 is 15.0 Å². The first-order valence-corrected chi connectivity index (χ1v) is 17.6. The van der Waals surface area contributed by atoms with Crippen molar-refractivity contribution in [2.75, 3.05) is 17.5 Å². The van der Waals surface area contributed by atoms with E-state index in [0.717, 1.165) is 32.0 Å². The van der Waals surface area contributed by atoms with Crippen molar-refractivity contribution in [2.45, 2.75) is 57.1 Å². The van der Waals surface area contributed by atoms with E-state index in [1.807, 2.05) is 75.4 Å². The molecule has 0 aliphatic heterocycles. The Labute approximate surface area is 284 Å². The molecule has 4 aromatic rings. The molecule has 0 aliphatic carbocycles. The zero-order chi connectivity index (χ0) is 34.0. The molecule has 0 aliphatic rings. The predicted molar refractivity (Wildman–Crippen MR) is 185 cm³/mol. The number of rotatable bonds is 15. The van der Waals surface area contributed by atoms with Gasteiger partial charge in [0.05, 0.1) is 17.2 Å². The number of benzene rings is 4. The molecule has 8 nitrogen and oxygen atoms in total. The molecule has 0 bridgehead atoms. The van der Waals surface area contributed by atoms with Crippen molar-refractivity contribution >= 4 is 43.5 Å². The number of nitrogens with one attached hydrogen (secondary N) is 1. The molecule has 0 heterocycles. The molecule has 0 saturated carbocycles. The van der Waals surface area contributed by atoms with Crippen LogP contribution in [-0.4, -0.2) is 50.4 Å². The molecular formula is C36H39BrFN3O5S. The second-order valence-corrected chi connectivity index (χ2v) is 13.8. The molecule has 248 valence electrons. The van der Waals surface area contributed by atoms with Crippen LogP contribution >= 0.6 is 15.9 Å². The van der Waals surface area contributed by atoms with E-state index in [-0.39, 0.29) is 35.5 Å². The molecule has 2 unspecified atom stereocenters. The minimum absolute atomic E-state index is 0.0318. The van der Waals surface area contributed by atoms with Gasteiger partial charge in [0.15, 0.2) is 0 Å². The molecule has 47 heavy (non-hydrogen) atoms. The van der Waals surface area contributed by atoms with E-state index in [4.69, 9.17) is 4.74 Å². The van der Waals surface area contributed by atoms with Crippen molar-refractivity contribution in [1.82, 2.24) is 10.2 Å². The summed E-state index contributed by atoms with van der Waals surface area (Å²) in [5.74, 6) is -1.02. The monoisotopic (exact) mass is 723 g/mol. The van der Waals surface area contributed by atoms with Crippen LogP contribution in [0.5, 0.6) is 5.75 Å².